The Balaban J connectivity index is 2.11. The summed E-state index contributed by atoms with van der Waals surface area (Å²) in [5.74, 6) is 2.86. The average molecular weight is 204 g/mol. The van der Waals surface area contributed by atoms with Gasteiger partial charge in [0, 0.05) is 0 Å². The van der Waals surface area contributed by atoms with E-state index in [1.807, 2.05) is 0 Å². The average Bonchev–Trinajstić information content (AvgIpc) is 2.57. The minimum atomic E-state index is 0.571. The highest BCUT2D eigenvalue weighted by molar-refractivity contribution is 5.25. The van der Waals surface area contributed by atoms with Gasteiger partial charge in [0.15, 0.2) is 0 Å². The van der Waals surface area contributed by atoms with E-state index in [1.54, 1.807) is 5.57 Å². The zero-order valence-electron chi connectivity index (χ0n) is 10.6. The Morgan fingerprint density at radius 2 is 2.00 bits per heavy atom. The minimum Gasteiger partial charge on any atom is -0.0847 e. The third-order valence-electron chi connectivity index (χ3n) is 6.30. The molecule has 0 saturated heterocycles. The molecule has 0 aromatic heterocycles. The van der Waals surface area contributed by atoms with Crippen LogP contribution < -0.4 is 0 Å². The van der Waals surface area contributed by atoms with Crippen molar-refractivity contribution in [2.24, 2.45) is 28.6 Å². The molecule has 0 heteroatoms. The van der Waals surface area contributed by atoms with E-state index in [2.05, 4.69) is 33.8 Å². The predicted octanol–water partition coefficient (Wildman–Crippen LogP) is 4.42. The summed E-state index contributed by atoms with van der Waals surface area (Å²) in [5, 5.41) is 0. The van der Waals surface area contributed by atoms with E-state index in [0.717, 1.165) is 17.8 Å². The van der Waals surface area contributed by atoms with Crippen molar-refractivity contribution in [1.29, 1.82) is 0 Å². The molecule has 3 aliphatic carbocycles. The zero-order chi connectivity index (χ0) is 10.8. The molecule has 2 fully saturated rings. The van der Waals surface area contributed by atoms with E-state index in [1.165, 1.54) is 25.7 Å². The third-order valence-corrected chi connectivity index (χ3v) is 6.30. The highest BCUT2D eigenvalue weighted by Gasteiger charge is 2.62. The van der Waals surface area contributed by atoms with Gasteiger partial charge in [0.1, 0.15) is 0 Å². The first-order chi connectivity index (χ1) is 6.98. The number of allylic oxidation sites excluding steroid dienone is 2. The molecule has 3 rings (SSSR count). The number of hydrogen-bond donors (Lipinski definition) is 0. The van der Waals surface area contributed by atoms with E-state index >= 15 is 0 Å². The second-order valence-corrected chi connectivity index (χ2v) is 6.99. The first-order valence-electron chi connectivity index (χ1n) is 6.65. The van der Waals surface area contributed by atoms with Crippen LogP contribution >= 0.6 is 0 Å². The lowest BCUT2D eigenvalue weighted by atomic mass is 9.68. The molecule has 4 atom stereocenters. The summed E-state index contributed by atoms with van der Waals surface area (Å²) in [7, 11) is 0. The summed E-state index contributed by atoms with van der Waals surface area (Å²) in [6.07, 6.45) is 8.41. The molecular formula is C15H24. The second kappa shape index (κ2) is 2.70. The molecule has 2 saturated carbocycles. The van der Waals surface area contributed by atoms with Gasteiger partial charge in [-0.3, -0.25) is 0 Å². The summed E-state index contributed by atoms with van der Waals surface area (Å²) >= 11 is 0. The summed E-state index contributed by atoms with van der Waals surface area (Å²) in [6.45, 7) is 9.94. The molecule has 0 heterocycles. The van der Waals surface area contributed by atoms with Crippen LogP contribution in [-0.4, -0.2) is 0 Å². The van der Waals surface area contributed by atoms with Gasteiger partial charge in [-0.05, 0) is 61.2 Å². The summed E-state index contributed by atoms with van der Waals surface area (Å²) in [5.41, 5.74) is 2.96. The van der Waals surface area contributed by atoms with Crippen LogP contribution in [0.25, 0.3) is 0 Å². The van der Waals surface area contributed by atoms with Gasteiger partial charge in [0.05, 0.1) is 0 Å². The Kier molecular flexibility index (Phi) is 1.79. The van der Waals surface area contributed by atoms with Crippen LogP contribution in [0.15, 0.2) is 11.6 Å². The number of fused-ring (bicyclic) bond motifs is 1. The fraction of sp³-hybridized carbons (Fsp3) is 0.867. The maximum atomic E-state index is 2.57. The highest BCUT2D eigenvalue weighted by atomic mass is 14.7. The van der Waals surface area contributed by atoms with Gasteiger partial charge in [-0.25, -0.2) is 0 Å². The maximum absolute atomic E-state index is 2.57. The molecule has 0 amide bonds. The predicted molar refractivity (Wildman–Crippen MR) is 64.6 cm³/mol. The van der Waals surface area contributed by atoms with Crippen molar-refractivity contribution in [2.45, 2.75) is 53.4 Å². The standard InChI is InChI=1S/C15H24/c1-10-7-8-15-9-12(10)14(3,4)13(15)6-5-11(15)2/h7,11-13H,5-6,8-9H2,1-4H3/t11?,12-,13+,15-/m1/s1. The summed E-state index contributed by atoms with van der Waals surface area (Å²) < 4.78 is 0. The van der Waals surface area contributed by atoms with E-state index < -0.39 is 0 Å². The van der Waals surface area contributed by atoms with Crippen LogP contribution in [0.1, 0.15) is 53.4 Å². The topological polar surface area (TPSA) is 0 Å². The molecule has 0 aromatic carbocycles. The monoisotopic (exact) mass is 204 g/mol. The Hall–Kier alpha value is -0.260. The van der Waals surface area contributed by atoms with Gasteiger partial charge in [0.2, 0.25) is 0 Å². The van der Waals surface area contributed by atoms with E-state index in [9.17, 15) is 0 Å². The van der Waals surface area contributed by atoms with Gasteiger partial charge in [-0.1, -0.05) is 32.4 Å². The van der Waals surface area contributed by atoms with Crippen molar-refractivity contribution >= 4 is 0 Å². The lowest BCUT2D eigenvalue weighted by Crippen LogP contribution is -2.30. The van der Waals surface area contributed by atoms with E-state index in [-0.39, 0.29) is 0 Å². The summed E-state index contributed by atoms with van der Waals surface area (Å²) in [4.78, 5) is 0. The Labute approximate surface area is 94.1 Å². The molecule has 84 valence electrons. The quantitative estimate of drug-likeness (QED) is 0.513. The fourth-order valence-electron chi connectivity index (χ4n) is 5.35. The molecule has 0 N–H and O–H groups in total. The lowest BCUT2D eigenvalue weighted by molar-refractivity contribution is 0.128. The van der Waals surface area contributed by atoms with Gasteiger partial charge in [-0.2, -0.15) is 0 Å². The normalized spacial score (nSPS) is 51.5. The van der Waals surface area contributed by atoms with Gasteiger partial charge >= 0.3 is 0 Å². The van der Waals surface area contributed by atoms with Crippen LogP contribution in [-0.2, 0) is 0 Å². The Morgan fingerprint density at radius 1 is 1.27 bits per heavy atom. The zero-order valence-corrected chi connectivity index (χ0v) is 10.6. The minimum absolute atomic E-state index is 0.571. The second-order valence-electron chi connectivity index (χ2n) is 6.99. The van der Waals surface area contributed by atoms with E-state index in [4.69, 9.17) is 0 Å². The molecular weight excluding hydrogens is 180 g/mol. The molecule has 0 nitrogen and oxygen atoms in total. The molecule has 2 bridgehead atoms. The first-order valence-corrected chi connectivity index (χ1v) is 6.65. The van der Waals surface area contributed by atoms with Gasteiger partial charge < -0.3 is 0 Å². The molecule has 15 heavy (non-hydrogen) atoms. The highest BCUT2D eigenvalue weighted by Crippen LogP contribution is 2.71. The van der Waals surface area contributed by atoms with Crippen LogP contribution in [0.2, 0.25) is 0 Å². The Morgan fingerprint density at radius 3 is 2.73 bits per heavy atom. The van der Waals surface area contributed by atoms with Crippen molar-refractivity contribution in [1.82, 2.24) is 0 Å². The van der Waals surface area contributed by atoms with Crippen LogP contribution in [0.4, 0.5) is 0 Å². The van der Waals surface area contributed by atoms with Gasteiger partial charge in [-0.15, -0.1) is 0 Å². The first kappa shape index (κ1) is 9.93. The van der Waals surface area contributed by atoms with Crippen molar-refractivity contribution < 1.29 is 0 Å². The van der Waals surface area contributed by atoms with Crippen molar-refractivity contribution in [2.75, 3.05) is 0 Å². The molecule has 3 aliphatic rings. The van der Waals surface area contributed by atoms with Crippen LogP contribution in [0.3, 0.4) is 0 Å². The Bertz CT molecular complexity index is 323. The SMILES string of the molecule is CC1=CC[C@]23C[C@H]1C(C)(C)[C@@H]2CCC3C. The smallest absolute Gasteiger partial charge is 0.0146 e. The molecule has 0 radical (unpaired) electrons. The number of hydrogen-bond acceptors (Lipinski definition) is 0. The van der Waals surface area contributed by atoms with Crippen LogP contribution in [0, 0.1) is 28.6 Å². The molecule has 0 aromatic rings. The van der Waals surface area contributed by atoms with Gasteiger partial charge in [0.25, 0.3) is 0 Å². The van der Waals surface area contributed by atoms with Crippen molar-refractivity contribution in [3.05, 3.63) is 11.6 Å². The summed E-state index contributed by atoms with van der Waals surface area (Å²) in [6, 6.07) is 0. The van der Waals surface area contributed by atoms with Crippen molar-refractivity contribution in [3.63, 3.8) is 0 Å². The number of rotatable bonds is 0. The molecule has 0 aliphatic heterocycles. The van der Waals surface area contributed by atoms with Crippen LogP contribution in [0.5, 0.6) is 0 Å². The van der Waals surface area contributed by atoms with Crippen molar-refractivity contribution in [3.8, 4) is 0 Å². The fourth-order valence-corrected chi connectivity index (χ4v) is 5.35. The maximum Gasteiger partial charge on any atom is -0.0146 e. The molecule has 1 unspecified atom stereocenters. The van der Waals surface area contributed by atoms with E-state index in [0.29, 0.717) is 10.8 Å². The molecule has 1 spiro atoms. The largest absolute Gasteiger partial charge is 0.0847 e. The lowest BCUT2D eigenvalue weighted by Gasteiger charge is -2.36. The third kappa shape index (κ3) is 0.990.